The predicted octanol–water partition coefficient (Wildman–Crippen LogP) is 3.45. The molecule has 0 unspecified atom stereocenters. The second-order valence-electron chi connectivity index (χ2n) is 3.97. The molecule has 0 saturated carbocycles. The van der Waals surface area contributed by atoms with Gasteiger partial charge in [-0.1, -0.05) is 35.9 Å². The first kappa shape index (κ1) is 10.7. The van der Waals surface area contributed by atoms with Gasteiger partial charge in [-0.25, -0.2) is 4.98 Å². The van der Waals surface area contributed by atoms with Crippen molar-refractivity contribution in [3.8, 4) is 0 Å². The van der Waals surface area contributed by atoms with Crippen LogP contribution in [0.2, 0.25) is 0 Å². The monoisotopic (exact) mass is 212 g/mol. The summed E-state index contributed by atoms with van der Waals surface area (Å²) in [4.78, 5) is 7.13. The van der Waals surface area contributed by atoms with Crippen LogP contribution in [0.15, 0.2) is 48.4 Å². The van der Waals surface area contributed by atoms with Crippen LogP contribution in [0, 0.1) is 0 Å². The molecule has 1 N–H and O–H groups in total. The van der Waals surface area contributed by atoms with Gasteiger partial charge in [0.1, 0.15) is 0 Å². The Morgan fingerprint density at radius 1 is 1.31 bits per heavy atom. The van der Waals surface area contributed by atoms with Crippen molar-refractivity contribution in [2.45, 2.75) is 19.8 Å². The van der Waals surface area contributed by atoms with Gasteiger partial charge in [0.05, 0.1) is 12.0 Å². The molecule has 0 aliphatic rings. The van der Waals surface area contributed by atoms with Crippen LogP contribution < -0.4 is 0 Å². The molecule has 0 aliphatic carbocycles. The first-order valence-electron chi connectivity index (χ1n) is 5.54. The normalized spacial score (nSPS) is 11.7. The molecule has 0 aliphatic heterocycles. The van der Waals surface area contributed by atoms with E-state index in [0.717, 1.165) is 18.5 Å². The van der Waals surface area contributed by atoms with E-state index in [0.29, 0.717) is 0 Å². The Labute approximate surface area is 96.1 Å². The Hall–Kier alpha value is -1.83. The Bertz CT molecular complexity index is 441. The van der Waals surface area contributed by atoms with E-state index < -0.39 is 0 Å². The molecule has 2 nitrogen and oxygen atoms in total. The minimum absolute atomic E-state index is 1.01. The number of hydrogen-bond acceptors (Lipinski definition) is 1. The highest BCUT2D eigenvalue weighted by Crippen LogP contribution is 2.11. The molecule has 1 aromatic heterocycles. The number of aromatic nitrogens is 2. The smallest absolute Gasteiger partial charge is 0.0927 e. The molecule has 1 heterocycles. The van der Waals surface area contributed by atoms with E-state index in [2.05, 4.69) is 53.3 Å². The van der Waals surface area contributed by atoms with Crippen molar-refractivity contribution >= 4 is 6.08 Å². The maximum atomic E-state index is 4.18. The van der Waals surface area contributed by atoms with Crippen LogP contribution in [0.5, 0.6) is 0 Å². The lowest BCUT2D eigenvalue weighted by Gasteiger charge is -2.01. The third-order valence-corrected chi connectivity index (χ3v) is 2.56. The molecule has 1 aromatic carbocycles. The van der Waals surface area contributed by atoms with Gasteiger partial charge in [0.25, 0.3) is 0 Å². The summed E-state index contributed by atoms with van der Waals surface area (Å²) in [5.41, 5.74) is 3.75. The lowest BCUT2D eigenvalue weighted by molar-refractivity contribution is 0.947. The van der Waals surface area contributed by atoms with Crippen molar-refractivity contribution in [3.05, 3.63) is 59.7 Å². The molecule has 2 rings (SSSR count). The van der Waals surface area contributed by atoms with E-state index in [1.54, 1.807) is 6.33 Å². The van der Waals surface area contributed by atoms with Crippen LogP contribution >= 0.6 is 0 Å². The molecule has 82 valence electrons. The number of aromatic amines is 1. The van der Waals surface area contributed by atoms with Crippen LogP contribution in [0.25, 0.3) is 6.08 Å². The number of nitrogens with zero attached hydrogens (tertiary/aromatic N) is 1. The molecular formula is C14H16N2. The molecule has 2 heteroatoms. The summed E-state index contributed by atoms with van der Waals surface area (Å²) in [5, 5.41) is 0. The van der Waals surface area contributed by atoms with E-state index in [1.165, 1.54) is 11.1 Å². The second kappa shape index (κ2) is 5.31. The fourth-order valence-corrected chi connectivity index (χ4v) is 1.66. The molecular weight excluding hydrogens is 196 g/mol. The SMILES string of the molecule is CC(=Cc1c[nH]cn1)CCc1ccccc1. The molecule has 2 aromatic rings. The first-order chi connectivity index (χ1) is 7.84. The maximum Gasteiger partial charge on any atom is 0.0927 e. The van der Waals surface area contributed by atoms with Crippen LogP contribution in [0.4, 0.5) is 0 Å². The molecule has 0 radical (unpaired) electrons. The quantitative estimate of drug-likeness (QED) is 0.826. The number of hydrogen-bond donors (Lipinski definition) is 1. The number of aryl methyl sites for hydroxylation is 1. The lowest BCUT2D eigenvalue weighted by atomic mass is 10.1. The highest BCUT2D eigenvalue weighted by Gasteiger charge is 1.95. The van der Waals surface area contributed by atoms with E-state index in [-0.39, 0.29) is 0 Å². The maximum absolute atomic E-state index is 4.18. The number of benzene rings is 1. The zero-order valence-corrected chi connectivity index (χ0v) is 9.48. The van der Waals surface area contributed by atoms with Crippen molar-refractivity contribution in [2.75, 3.05) is 0 Å². The number of imidazole rings is 1. The summed E-state index contributed by atoms with van der Waals surface area (Å²) in [5.74, 6) is 0. The summed E-state index contributed by atoms with van der Waals surface area (Å²) < 4.78 is 0. The first-order valence-corrected chi connectivity index (χ1v) is 5.54. The van der Waals surface area contributed by atoms with E-state index in [9.17, 15) is 0 Å². The number of nitrogens with one attached hydrogen (secondary N) is 1. The van der Waals surface area contributed by atoms with Crippen LogP contribution in [0.3, 0.4) is 0 Å². The van der Waals surface area contributed by atoms with Crippen molar-refractivity contribution < 1.29 is 0 Å². The topological polar surface area (TPSA) is 28.7 Å². The van der Waals surface area contributed by atoms with E-state index in [4.69, 9.17) is 0 Å². The highest BCUT2D eigenvalue weighted by molar-refractivity contribution is 5.47. The predicted molar refractivity (Wildman–Crippen MR) is 67.0 cm³/mol. The van der Waals surface area contributed by atoms with Gasteiger partial charge in [-0.05, 0) is 31.4 Å². The van der Waals surface area contributed by atoms with Crippen molar-refractivity contribution in [1.29, 1.82) is 0 Å². The number of allylic oxidation sites excluding steroid dienone is 1. The number of H-pyrrole nitrogens is 1. The molecule has 0 amide bonds. The van der Waals surface area contributed by atoms with Crippen LogP contribution in [-0.4, -0.2) is 9.97 Å². The second-order valence-corrected chi connectivity index (χ2v) is 3.97. The largest absolute Gasteiger partial charge is 0.351 e. The number of rotatable bonds is 4. The molecule has 0 atom stereocenters. The van der Waals surface area contributed by atoms with Gasteiger partial charge in [-0.2, -0.15) is 0 Å². The summed E-state index contributed by atoms with van der Waals surface area (Å²) in [6, 6.07) is 10.6. The zero-order chi connectivity index (χ0) is 11.2. The van der Waals surface area contributed by atoms with Gasteiger partial charge in [0, 0.05) is 6.20 Å². The summed E-state index contributed by atoms with van der Waals surface area (Å²) in [6.07, 6.45) is 7.91. The summed E-state index contributed by atoms with van der Waals surface area (Å²) >= 11 is 0. The third-order valence-electron chi connectivity index (χ3n) is 2.56. The Morgan fingerprint density at radius 3 is 2.81 bits per heavy atom. The average Bonchev–Trinajstić information content (AvgIpc) is 2.81. The highest BCUT2D eigenvalue weighted by atomic mass is 14.8. The Morgan fingerprint density at radius 2 is 2.12 bits per heavy atom. The average molecular weight is 212 g/mol. The third kappa shape index (κ3) is 3.09. The minimum Gasteiger partial charge on any atom is -0.351 e. The van der Waals surface area contributed by atoms with Gasteiger partial charge in [-0.3, -0.25) is 0 Å². The van der Waals surface area contributed by atoms with Gasteiger partial charge < -0.3 is 4.98 Å². The molecule has 0 spiro atoms. The molecule has 0 saturated heterocycles. The summed E-state index contributed by atoms with van der Waals surface area (Å²) in [7, 11) is 0. The Balaban J connectivity index is 1.91. The van der Waals surface area contributed by atoms with Gasteiger partial charge >= 0.3 is 0 Å². The van der Waals surface area contributed by atoms with Gasteiger partial charge in [-0.15, -0.1) is 0 Å². The van der Waals surface area contributed by atoms with Gasteiger partial charge in [0.15, 0.2) is 0 Å². The fraction of sp³-hybridized carbons (Fsp3) is 0.214. The van der Waals surface area contributed by atoms with Crippen molar-refractivity contribution in [2.24, 2.45) is 0 Å². The standard InChI is InChI=1S/C14H16N2/c1-12(9-14-10-15-11-16-14)7-8-13-5-3-2-4-6-13/h2-6,9-11H,7-8H2,1H3,(H,15,16). The van der Waals surface area contributed by atoms with Crippen LogP contribution in [-0.2, 0) is 6.42 Å². The zero-order valence-electron chi connectivity index (χ0n) is 9.48. The van der Waals surface area contributed by atoms with Crippen molar-refractivity contribution in [3.63, 3.8) is 0 Å². The van der Waals surface area contributed by atoms with Gasteiger partial charge in [0.2, 0.25) is 0 Å². The minimum atomic E-state index is 1.01. The van der Waals surface area contributed by atoms with Crippen LogP contribution in [0.1, 0.15) is 24.6 Å². The molecule has 0 fully saturated rings. The molecule has 16 heavy (non-hydrogen) atoms. The lowest BCUT2D eigenvalue weighted by Crippen LogP contribution is -1.86. The molecule has 0 bridgehead atoms. The summed E-state index contributed by atoms with van der Waals surface area (Å²) in [6.45, 7) is 2.15. The fourth-order valence-electron chi connectivity index (χ4n) is 1.66. The Kier molecular flexibility index (Phi) is 3.54. The van der Waals surface area contributed by atoms with E-state index in [1.807, 2.05) is 6.20 Å². The van der Waals surface area contributed by atoms with Crippen molar-refractivity contribution in [1.82, 2.24) is 9.97 Å². The van der Waals surface area contributed by atoms with E-state index >= 15 is 0 Å².